The lowest BCUT2D eigenvalue weighted by atomic mass is 10.0. The topological polar surface area (TPSA) is 55.0 Å². The molecule has 0 spiro atoms. The van der Waals surface area contributed by atoms with Crippen LogP contribution in [0.5, 0.6) is 0 Å². The molecule has 0 aliphatic carbocycles. The average Bonchev–Trinajstić information content (AvgIpc) is 2.38. The van der Waals surface area contributed by atoms with Crippen molar-refractivity contribution in [3.63, 3.8) is 0 Å². The highest BCUT2D eigenvalue weighted by molar-refractivity contribution is 5.90. The third kappa shape index (κ3) is 1.88. The molecule has 4 heteroatoms. The number of piperidine rings is 1. The van der Waals surface area contributed by atoms with E-state index in [1.54, 1.807) is 0 Å². The Hall–Kier alpha value is -1.84. The number of nitrogen functional groups attached to an aromatic ring is 1. The lowest BCUT2D eigenvalue weighted by molar-refractivity contribution is 0.482. The molecule has 0 radical (unpaired) electrons. The molecule has 1 aromatic heterocycles. The fourth-order valence-electron chi connectivity index (χ4n) is 2.71. The average molecular weight is 242 g/mol. The summed E-state index contributed by atoms with van der Waals surface area (Å²) in [4.78, 5) is 11.1. The van der Waals surface area contributed by atoms with E-state index in [-0.39, 0.29) is 0 Å². The second-order valence-electron chi connectivity index (χ2n) is 4.96. The van der Waals surface area contributed by atoms with E-state index in [1.807, 2.05) is 18.2 Å². The Bertz CT molecular complexity index is 567. The molecule has 94 valence electrons. The summed E-state index contributed by atoms with van der Waals surface area (Å²) in [6, 6.07) is 8.60. The smallest absolute Gasteiger partial charge is 0.222 e. The number of hydrogen-bond donors (Lipinski definition) is 1. The maximum Gasteiger partial charge on any atom is 0.222 e. The molecule has 4 nitrogen and oxygen atoms in total. The Morgan fingerprint density at radius 2 is 2.06 bits per heavy atom. The standard InChI is InChI=1S/C14H18N4/c1-10-6-4-5-9-18(10)13-11-7-2-3-8-12(11)16-14(15)17-13/h2-3,7-8,10H,4-6,9H2,1H3,(H2,15,16,17). The molecule has 1 saturated heterocycles. The number of nitrogens with zero attached hydrogens (tertiary/aromatic N) is 3. The van der Waals surface area contributed by atoms with Gasteiger partial charge in [0, 0.05) is 18.0 Å². The Labute approximate surface area is 107 Å². The van der Waals surface area contributed by atoms with Crippen LogP contribution in [0.4, 0.5) is 11.8 Å². The molecule has 0 bridgehead atoms. The lowest BCUT2D eigenvalue weighted by Gasteiger charge is -2.35. The summed E-state index contributed by atoms with van der Waals surface area (Å²) in [5, 5.41) is 1.10. The number of rotatable bonds is 1. The van der Waals surface area contributed by atoms with Crippen LogP contribution in [0.15, 0.2) is 24.3 Å². The number of para-hydroxylation sites is 1. The van der Waals surface area contributed by atoms with Crippen molar-refractivity contribution in [1.29, 1.82) is 0 Å². The minimum Gasteiger partial charge on any atom is -0.368 e. The number of anilines is 2. The number of nitrogens with two attached hydrogens (primary N) is 1. The molecular weight excluding hydrogens is 224 g/mol. The van der Waals surface area contributed by atoms with Gasteiger partial charge < -0.3 is 10.6 Å². The molecule has 1 fully saturated rings. The Morgan fingerprint density at radius 3 is 2.89 bits per heavy atom. The van der Waals surface area contributed by atoms with E-state index in [1.165, 1.54) is 19.3 Å². The molecule has 1 aliphatic rings. The van der Waals surface area contributed by atoms with Crippen LogP contribution in [0.3, 0.4) is 0 Å². The van der Waals surface area contributed by atoms with Crippen LogP contribution >= 0.6 is 0 Å². The molecule has 2 N–H and O–H groups in total. The molecule has 1 aliphatic heterocycles. The monoisotopic (exact) mass is 242 g/mol. The highest BCUT2D eigenvalue weighted by Gasteiger charge is 2.22. The number of aromatic nitrogens is 2. The molecule has 18 heavy (non-hydrogen) atoms. The van der Waals surface area contributed by atoms with Crippen molar-refractivity contribution in [2.24, 2.45) is 0 Å². The molecule has 2 heterocycles. The van der Waals surface area contributed by atoms with E-state index in [0.717, 1.165) is 23.3 Å². The van der Waals surface area contributed by atoms with Crippen molar-refractivity contribution in [3.05, 3.63) is 24.3 Å². The first-order valence-corrected chi connectivity index (χ1v) is 6.54. The first-order valence-electron chi connectivity index (χ1n) is 6.54. The van der Waals surface area contributed by atoms with E-state index in [4.69, 9.17) is 5.73 Å². The molecule has 3 rings (SSSR count). The van der Waals surface area contributed by atoms with Crippen molar-refractivity contribution in [2.45, 2.75) is 32.2 Å². The molecule has 1 atom stereocenters. The molecule has 0 amide bonds. The van der Waals surface area contributed by atoms with E-state index in [0.29, 0.717) is 12.0 Å². The largest absolute Gasteiger partial charge is 0.368 e. The summed E-state index contributed by atoms with van der Waals surface area (Å²) < 4.78 is 0. The van der Waals surface area contributed by atoms with Gasteiger partial charge in [-0.15, -0.1) is 0 Å². The zero-order valence-corrected chi connectivity index (χ0v) is 10.6. The van der Waals surface area contributed by atoms with Gasteiger partial charge in [0.15, 0.2) is 0 Å². The fraction of sp³-hybridized carbons (Fsp3) is 0.429. The number of hydrogen-bond acceptors (Lipinski definition) is 4. The summed E-state index contributed by atoms with van der Waals surface area (Å²) >= 11 is 0. The zero-order chi connectivity index (χ0) is 12.5. The fourth-order valence-corrected chi connectivity index (χ4v) is 2.71. The van der Waals surface area contributed by atoms with Crippen LogP contribution in [-0.2, 0) is 0 Å². The lowest BCUT2D eigenvalue weighted by Crippen LogP contribution is -2.38. The van der Waals surface area contributed by atoms with E-state index >= 15 is 0 Å². The van der Waals surface area contributed by atoms with Gasteiger partial charge in [-0.2, -0.15) is 4.98 Å². The maximum absolute atomic E-state index is 5.83. The third-order valence-electron chi connectivity index (χ3n) is 3.68. The van der Waals surface area contributed by atoms with Gasteiger partial charge in [0.1, 0.15) is 5.82 Å². The van der Waals surface area contributed by atoms with Gasteiger partial charge >= 0.3 is 0 Å². The van der Waals surface area contributed by atoms with Crippen LogP contribution in [0.1, 0.15) is 26.2 Å². The predicted octanol–water partition coefficient (Wildman–Crippen LogP) is 2.59. The van der Waals surface area contributed by atoms with Gasteiger partial charge in [-0.05, 0) is 38.3 Å². The van der Waals surface area contributed by atoms with Gasteiger partial charge in [-0.1, -0.05) is 12.1 Å². The van der Waals surface area contributed by atoms with Crippen LogP contribution in [-0.4, -0.2) is 22.6 Å². The Morgan fingerprint density at radius 1 is 1.22 bits per heavy atom. The van der Waals surface area contributed by atoms with E-state index in [2.05, 4.69) is 27.9 Å². The highest BCUT2D eigenvalue weighted by Crippen LogP contribution is 2.29. The molecule has 2 aromatic rings. The van der Waals surface area contributed by atoms with Crippen LogP contribution in [0.25, 0.3) is 10.9 Å². The van der Waals surface area contributed by atoms with Crippen molar-refractivity contribution >= 4 is 22.7 Å². The van der Waals surface area contributed by atoms with Crippen molar-refractivity contribution < 1.29 is 0 Å². The third-order valence-corrected chi connectivity index (χ3v) is 3.68. The molecule has 0 saturated carbocycles. The number of benzene rings is 1. The van der Waals surface area contributed by atoms with Gasteiger partial charge in [0.25, 0.3) is 0 Å². The zero-order valence-electron chi connectivity index (χ0n) is 10.6. The summed E-state index contributed by atoms with van der Waals surface area (Å²) in [6.45, 7) is 3.31. The molecule has 1 unspecified atom stereocenters. The normalized spacial score (nSPS) is 20.3. The van der Waals surface area contributed by atoms with Crippen LogP contribution in [0.2, 0.25) is 0 Å². The van der Waals surface area contributed by atoms with Crippen LogP contribution in [0, 0.1) is 0 Å². The van der Waals surface area contributed by atoms with Crippen molar-refractivity contribution in [2.75, 3.05) is 17.2 Å². The summed E-state index contributed by atoms with van der Waals surface area (Å²) in [7, 11) is 0. The minimum absolute atomic E-state index is 0.362. The summed E-state index contributed by atoms with van der Waals surface area (Å²) in [5.74, 6) is 1.35. The molecule has 1 aromatic carbocycles. The first kappa shape index (κ1) is 11.3. The quantitative estimate of drug-likeness (QED) is 0.835. The predicted molar refractivity (Wildman–Crippen MR) is 74.6 cm³/mol. The van der Waals surface area contributed by atoms with Crippen molar-refractivity contribution in [1.82, 2.24) is 9.97 Å². The first-order chi connectivity index (χ1) is 8.75. The van der Waals surface area contributed by atoms with Gasteiger partial charge in [-0.25, -0.2) is 4.98 Å². The second kappa shape index (κ2) is 4.44. The van der Waals surface area contributed by atoms with Crippen molar-refractivity contribution in [3.8, 4) is 0 Å². The van der Waals surface area contributed by atoms with Crippen LogP contribution < -0.4 is 10.6 Å². The summed E-state index contributed by atoms with van der Waals surface area (Å²) in [6.07, 6.45) is 3.75. The van der Waals surface area contributed by atoms with Gasteiger partial charge in [0.05, 0.1) is 5.52 Å². The summed E-state index contributed by atoms with van der Waals surface area (Å²) in [5.41, 5.74) is 6.76. The minimum atomic E-state index is 0.362. The second-order valence-corrected chi connectivity index (χ2v) is 4.96. The van der Waals surface area contributed by atoms with Gasteiger partial charge in [0.2, 0.25) is 5.95 Å². The Balaban J connectivity index is 2.15. The highest BCUT2D eigenvalue weighted by atomic mass is 15.2. The van der Waals surface area contributed by atoms with E-state index < -0.39 is 0 Å². The SMILES string of the molecule is CC1CCCCN1c1nc(N)nc2ccccc12. The maximum atomic E-state index is 5.83. The van der Waals surface area contributed by atoms with E-state index in [9.17, 15) is 0 Å². The molecular formula is C14H18N4. The van der Waals surface area contributed by atoms with Gasteiger partial charge in [-0.3, -0.25) is 0 Å². The Kier molecular flexibility index (Phi) is 2.78. The number of fused-ring (bicyclic) bond motifs is 1.